The van der Waals surface area contributed by atoms with E-state index in [0.717, 1.165) is 38.6 Å². The number of sulfone groups is 1. The van der Waals surface area contributed by atoms with Gasteiger partial charge in [-0.25, -0.2) is 18.2 Å². The van der Waals surface area contributed by atoms with Crippen molar-refractivity contribution in [2.24, 2.45) is 0 Å². The maximum atomic E-state index is 12.3. The van der Waals surface area contributed by atoms with Crippen LogP contribution in [0.1, 0.15) is 31.3 Å². The van der Waals surface area contributed by atoms with Crippen LogP contribution in [0.25, 0.3) is 28.0 Å². The largest absolute Gasteiger partial charge is 0.334 e. The zero-order chi connectivity index (χ0) is 27.8. The van der Waals surface area contributed by atoms with E-state index in [0.29, 0.717) is 16.6 Å². The van der Waals surface area contributed by atoms with Gasteiger partial charge in [-0.15, -0.1) is 10.2 Å². The van der Waals surface area contributed by atoms with Crippen LogP contribution in [-0.4, -0.2) is 40.3 Å². The molecule has 2 N–H and O–H groups in total. The molecule has 0 fully saturated rings. The quantitative estimate of drug-likeness (QED) is 0.281. The molecule has 3 aromatic heterocycles. The van der Waals surface area contributed by atoms with Gasteiger partial charge in [-0.3, -0.25) is 9.72 Å². The molecule has 0 radical (unpaired) electrons. The molecule has 5 aromatic rings. The number of nitrogens with one attached hydrogen (secondary N) is 2. The predicted octanol–water partition coefficient (Wildman–Crippen LogP) is 5.54. The summed E-state index contributed by atoms with van der Waals surface area (Å²) in [6, 6.07) is 18.4. The molecule has 0 atom stereocenters. The first kappa shape index (κ1) is 26.5. The van der Waals surface area contributed by atoms with Crippen molar-refractivity contribution in [2.75, 3.05) is 11.6 Å². The minimum Gasteiger partial charge on any atom is -0.334 e. The Hall–Kier alpha value is -4.09. The number of hydrogen-bond donors (Lipinski definition) is 2. The molecule has 0 unspecified atom stereocenters. The summed E-state index contributed by atoms with van der Waals surface area (Å²) < 4.78 is 25.5. The van der Waals surface area contributed by atoms with Gasteiger partial charge in [0, 0.05) is 30.0 Å². The number of carbonyl (C=O) groups is 1. The SMILES string of the molecule is CC(C)(C)c1nnc(NC(=O)NCc2ccc(-c3cnc4cc(-c5ccc(S(C)(=O)=O)cc5)ccn34)cc2)s1. The summed E-state index contributed by atoms with van der Waals surface area (Å²) in [4.78, 5) is 17.2. The Morgan fingerprint density at radius 1 is 0.949 bits per heavy atom. The van der Waals surface area contributed by atoms with Crippen LogP contribution in [-0.2, 0) is 21.8 Å². The number of rotatable bonds is 6. The van der Waals surface area contributed by atoms with Crippen LogP contribution in [0.3, 0.4) is 0 Å². The van der Waals surface area contributed by atoms with Crippen LogP contribution in [0.4, 0.5) is 9.93 Å². The molecule has 2 amide bonds. The van der Waals surface area contributed by atoms with Crippen molar-refractivity contribution in [1.82, 2.24) is 24.9 Å². The van der Waals surface area contributed by atoms with Gasteiger partial charge >= 0.3 is 6.03 Å². The highest BCUT2D eigenvalue weighted by Crippen LogP contribution is 2.28. The molecular formula is C28H28N6O3S2. The maximum Gasteiger partial charge on any atom is 0.321 e. The average molecular weight is 561 g/mol. The third kappa shape index (κ3) is 5.99. The van der Waals surface area contributed by atoms with Crippen molar-refractivity contribution in [3.05, 3.63) is 83.6 Å². The highest BCUT2D eigenvalue weighted by molar-refractivity contribution is 7.90. The second kappa shape index (κ2) is 10.2. The van der Waals surface area contributed by atoms with Gasteiger partial charge in [-0.05, 0) is 41.0 Å². The van der Waals surface area contributed by atoms with Crippen LogP contribution in [0.15, 0.2) is 78.0 Å². The Bertz CT molecular complexity index is 1750. The topological polar surface area (TPSA) is 118 Å². The fraction of sp³-hybridized carbons (Fsp3) is 0.214. The predicted molar refractivity (Wildman–Crippen MR) is 154 cm³/mol. The van der Waals surface area contributed by atoms with Crippen molar-refractivity contribution < 1.29 is 13.2 Å². The zero-order valence-electron chi connectivity index (χ0n) is 22.0. The second-order valence-electron chi connectivity index (χ2n) is 10.3. The zero-order valence-corrected chi connectivity index (χ0v) is 23.6. The van der Waals surface area contributed by atoms with E-state index >= 15 is 0 Å². The van der Waals surface area contributed by atoms with Gasteiger partial charge in [0.2, 0.25) is 5.13 Å². The van der Waals surface area contributed by atoms with E-state index in [2.05, 4.69) is 46.6 Å². The van der Waals surface area contributed by atoms with E-state index < -0.39 is 9.84 Å². The maximum absolute atomic E-state index is 12.3. The summed E-state index contributed by atoms with van der Waals surface area (Å²) >= 11 is 1.37. The molecule has 0 aliphatic carbocycles. The lowest BCUT2D eigenvalue weighted by atomic mass is 9.98. The molecular weight excluding hydrogens is 532 g/mol. The lowest BCUT2D eigenvalue weighted by Crippen LogP contribution is -2.28. The van der Waals surface area contributed by atoms with E-state index in [1.807, 2.05) is 53.2 Å². The molecule has 200 valence electrons. The molecule has 5 rings (SSSR count). The normalized spacial score (nSPS) is 12.0. The Morgan fingerprint density at radius 2 is 1.64 bits per heavy atom. The van der Waals surface area contributed by atoms with E-state index in [1.165, 1.54) is 17.6 Å². The van der Waals surface area contributed by atoms with Gasteiger partial charge in [-0.2, -0.15) is 0 Å². The number of fused-ring (bicyclic) bond motifs is 1. The molecule has 0 saturated heterocycles. The van der Waals surface area contributed by atoms with Gasteiger partial charge < -0.3 is 5.32 Å². The van der Waals surface area contributed by atoms with Crippen LogP contribution in [0, 0.1) is 0 Å². The number of anilines is 1. The third-order valence-corrected chi connectivity index (χ3v) is 8.51. The smallest absolute Gasteiger partial charge is 0.321 e. The molecule has 0 spiro atoms. The van der Waals surface area contributed by atoms with Gasteiger partial charge in [0.1, 0.15) is 10.7 Å². The van der Waals surface area contributed by atoms with E-state index in [4.69, 9.17) is 0 Å². The van der Waals surface area contributed by atoms with Gasteiger partial charge in [0.15, 0.2) is 9.84 Å². The molecule has 0 aliphatic heterocycles. The summed E-state index contributed by atoms with van der Waals surface area (Å²) in [5.41, 5.74) is 5.40. The summed E-state index contributed by atoms with van der Waals surface area (Å²) in [6.07, 6.45) is 4.97. The lowest BCUT2D eigenvalue weighted by molar-refractivity contribution is 0.251. The van der Waals surface area contributed by atoms with Crippen molar-refractivity contribution in [3.8, 4) is 22.4 Å². The minimum absolute atomic E-state index is 0.118. The lowest BCUT2D eigenvalue weighted by Gasteiger charge is -2.12. The molecule has 11 heteroatoms. The molecule has 0 bridgehead atoms. The van der Waals surface area contributed by atoms with E-state index in [1.54, 1.807) is 24.3 Å². The standard InChI is InChI=1S/C28H28N6O3S2/c1-28(2,3)25-32-33-27(38-25)31-26(35)30-16-18-5-7-20(8-6-18)23-17-29-24-15-21(13-14-34(23)24)19-9-11-22(12-10-19)39(4,36)37/h5-15,17H,16H2,1-4H3,(H2,30,31,33,35). The van der Waals surface area contributed by atoms with Gasteiger partial charge in [-0.1, -0.05) is 68.5 Å². The molecule has 2 aromatic carbocycles. The number of aromatic nitrogens is 4. The fourth-order valence-electron chi connectivity index (χ4n) is 3.96. The highest BCUT2D eigenvalue weighted by atomic mass is 32.2. The Kier molecular flexibility index (Phi) is 6.96. The van der Waals surface area contributed by atoms with Crippen LogP contribution in [0.5, 0.6) is 0 Å². The van der Waals surface area contributed by atoms with Crippen molar-refractivity contribution in [1.29, 1.82) is 0 Å². The van der Waals surface area contributed by atoms with Crippen LogP contribution >= 0.6 is 11.3 Å². The summed E-state index contributed by atoms with van der Waals surface area (Å²) in [5.74, 6) is 0. The first-order chi connectivity index (χ1) is 18.5. The Morgan fingerprint density at radius 3 is 2.28 bits per heavy atom. The van der Waals surface area contributed by atoms with Crippen molar-refractivity contribution in [3.63, 3.8) is 0 Å². The number of benzene rings is 2. The molecule has 9 nitrogen and oxygen atoms in total. The van der Waals surface area contributed by atoms with Gasteiger partial charge in [0.05, 0.1) is 16.8 Å². The number of amides is 2. The van der Waals surface area contributed by atoms with Crippen molar-refractivity contribution >= 4 is 38.0 Å². The van der Waals surface area contributed by atoms with Crippen LogP contribution in [0.2, 0.25) is 0 Å². The minimum atomic E-state index is -3.24. The van der Waals surface area contributed by atoms with Gasteiger partial charge in [0.25, 0.3) is 0 Å². The Balaban J connectivity index is 1.24. The van der Waals surface area contributed by atoms with Crippen LogP contribution < -0.4 is 10.6 Å². The number of hydrogen-bond acceptors (Lipinski definition) is 7. The number of urea groups is 1. The Labute approximate surface area is 230 Å². The molecule has 0 aliphatic rings. The first-order valence-corrected chi connectivity index (χ1v) is 14.9. The number of pyridine rings is 1. The third-order valence-electron chi connectivity index (χ3n) is 6.12. The molecule has 0 saturated carbocycles. The van der Waals surface area contributed by atoms with Crippen molar-refractivity contribution in [2.45, 2.75) is 37.6 Å². The monoisotopic (exact) mass is 560 g/mol. The summed E-state index contributed by atoms with van der Waals surface area (Å²) in [5, 5.41) is 15.1. The number of carbonyl (C=O) groups excluding carboxylic acids is 1. The second-order valence-corrected chi connectivity index (χ2v) is 13.2. The number of nitrogens with zero attached hydrogens (tertiary/aromatic N) is 4. The van der Waals surface area contributed by atoms with E-state index in [-0.39, 0.29) is 11.4 Å². The highest BCUT2D eigenvalue weighted by Gasteiger charge is 2.20. The average Bonchev–Trinajstić information content (AvgIpc) is 3.54. The molecule has 3 heterocycles. The number of imidazole rings is 1. The van der Waals surface area contributed by atoms with E-state index in [9.17, 15) is 13.2 Å². The molecule has 39 heavy (non-hydrogen) atoms. The first-order valence-electron chi connectivity index (χ1n) is 12.2. The fourth-order valence-corrected chi connectivity index (χ4v) is 5.39. The summed E-state index contributed by atoms with van der Waals surface area (Å²) in [7, 11) is -3.24. The summed E-state index contributed by atoms with van der Waals surface area (Å²) in [6.45, 7) is 6.52.